The van der Waals surface area contributed by atoms with Crippen LogP contribution < -0.4 is 20.1 Å². The Bertz CT molecular complexity index is 2460. The van der Waals surface area contributed by atoms with E-state index in [1.807, 2.05) is 0 Å². The highest BCUT2D eigenvalue weighted by Crippen LogP contribution is 2.42. The van der Waals surface area contributed by atoms with Crippen LogP contribution in [-0.2, 0) is 29.3 Å². The maximum absolute atomic E-state index is 13.3. The largest absolute Gasteiger partial charge is 0.490 e. The van der Waals surface area contributed by atoms with Gasteiger partial charge >= 0.3 is 0 Å². The summed E-state index contributed by atoms with van der Waals surface area (Å²) in [6, 6.07) is 26.1. The monoisotopic (exact) mass is 954 g/mol. The molecule has 4 aromatic rings. The number of sulfone groups is 2. The molecule has 0 saturated heterocycles. The van der Waals surface area contributed by atoms with Crippen molar-refractivity contribution in [1.29, 1.82) is 0 Å². The predicted octanol–water partition coefficient (Wildman–Crippen LogP) is 8.55. The molecule has 2 amide bonds. The number of carbonyl (C=O) groups excluding carboxylic acids is 2. The Morgan fingerprint density at radius 3 is 1.19 bits per heavy atom. The first kappa shape index (κ1) is 45.6. The number of ether oxygens (including phenoxy) is 2. The number of benzene rings is 4. The van der Waals surface area contributed by atoms with Gasteiger partial charge in [-0.1, -0.05) is 82.5 Å². The van der Waals surface area contributed by atoms with E-state index in [-0.39, 0.29) is 57.3 Å². The van der Waals surface area contributed by atoms with Crippen LogP contribution in [0.3, 0.4) is 0 Å². The lowest BCUT2D eigenvalue weighted by Gasteiger charge is -2.22. The predicted molar refractivity (Wildman–Crippen MR) is 240 cm³/mol. The van der Waals surface area contributed by atoms with Gasteiger partial charge in [0.2, 0.25) is 11.8 Å². The third-order valence-electron chi connectivity index (χ3n) is 11.7. The zero-order chi connectivity index (χ0) is 44.5. The topological polar surface area (TPSA) is 145 Å². The fourth-order valence-corrected chi connectivity index (χ4v) is 12.7. The van der Waals surface area contributed by atoms with Crippen LogP contribution in [0, 0.1) is 36.5 Å². The van der Waals surface area contributed by atoms with E-state index in [1.165, 1.54) is 12.1 Å². The molecular formula is C46H42Cl4N2O8S2. The van der Waals surface area contributed by atoms with Crippen molar-refractivity contribution in [3.8, 4) is 36.2 Å². The van der Waals surface area contributed by atoms with Gasteiger partial charge in [-0.05, 0) is 111 Å². The van der Waals surface area contributed by atoms with Gasteiger partial charge < -0.3 is 20.1 Å². The molecule has 4 saturated carbocycles. The number of terminal acetylenes is 2. The van der Waals surface area contributed by atoms with E-state index in [1.54, 1.807) is 84.9 Å². The quantitative estimate of drug-likeness (QED) is 0.135. The second kappa shape index (κ2) is 18.4. The molecule has 2 N–H and O–H groups in total. The summed E-state index contributed by atoms with van der Waals surface area (Å²) in [6.45, 7) is 0. The number of hydrogen-bond donors (Lipinski definition) is 2. The Labute approximate surface area is 382 Å². The molecule has 0 aliphatic heterocycles. The zero-order valence-corrected chi connectivity index (χ0v) is 37.8. The minimum absolute atomic E-state index is 0.0651. The molecule has 0 bridgehead atoms. The summed E-state index contributed by atoms with van der Waals surface area (Å²) < 4.78 is 65.3. The third kappa shape index (κ3) is 10.2. The molecule has 62 heavy (non-hydrogen) atoms. The summed E-state index contributed by atoms with van der Waals surface area (Å²) in [6.07, 6.45) is 13.3. The second-order valence-corrected chi connectivity index (χ2v) is 22.1. The molecule has 0 unspecified atom stereocenters. The first-order valence-electron chi connectivity index (χ1n) is 19.9. The Hall–Kier alpha value is -4.40. The Kier molecular flexibility index (Phi) is 13.5. The normalized spacial score (nSPS) is 24.2. The molecular weight excluding hydrogens is 914 g/mol. The summed E-state index contributed by atoms with van der Waals surface area (Å²) in [5.41, 5.74) is -1.25. The van der Waals surface area contributed by atoms with E-state index < -0.39 is 65.3 Å². The van der Waals surface area contributed by atoms with Crippen LogP contribution >= 0.6 is 46.4 Å². The van der Waals surface area contributed by atoms with Gasteiger partial charge in [-0.2, -0.15) is 0 Å². The van der Waals surface area contributed by atoms with E-state index in [4.69, 9.17) is 68.7 Å². The average Bonchev–Trinajstić information content (AvgIpc) is 4.11. The standard InChI is InChI=1S/2C23H21Cl2NO4S/c2*1-2-23(11-12-23)26-22(27)18-13-17(31(28,29)21-6-4-3-5-19(21)25)14-20(18)30-16-9-7-15(24)8-10-16/h2*1,3-10,17-18,20H,11-14H2,(H,26,27)/t2*17-,18-,20-/m10/s1. The number of carbonyl (C=O) groups is 2. The molecule has 0 radical (unpaired) electrons. The van der Waals surface area contributed by atoms with E-state index >= 15 is 0 Å². The Morgan fingerprint density at radius 2 is 0.887 bits per heavy atom. The average molecular weight is 957 g/mol. The van der Waals surface area contributed by atoms with Crippen LogP contribution in [0.15, 0.2) is 107 Å². The molecule has 4 fully saturated rings. The lowest BCUT2D eigenvalue weighted by atomic mass is 10.0. The van der Waals surface area contributed by atoms with Crippen molar-refractivity contribution in [1.82, 2.24) is 10.6 Å². The maximum Gasteiger partial charge on any atom is 0.228 e. The molecule has 4 aliphatic rings. The highest BCUT2D eigenvalue weighted by molar-refractivity contribution is 7.92. The summed E-state index contributed by atoms with van der Waals surface area (Å²) in [5, 5.41) is 5.64. The van der Waals surface area contributed by atoms with E-state index in [0.717, 1.165) is 0 Å². The SMILES string of the molecule is C#CC1(NC(=O)[C@@H]2C[C@@H](S(=O)(=O)c3ccccc3Cl)C[C@H]2Oc2ccc(Cl)cc2)CC1.C#CC1(NC(=O)[C@H]2C[C@H](S(=O)(=O)c3ccccc3Cl)C[C@@H]2Oc2ccc(Cl)cc2)CC1. The van der Waals surface area contributed by atoms with Crippen molar-refractivity contribution in [2.24, 2.45) is 11.8 Å². The van der Waals surface area contributed by atoms with Crippen LogP contribution in [0.1, 0.15) is 51.4 Å². The van der Waals surface area contributed by atoms with Crippen molar-refractivity contribution in [3.63, 3.8) is 0 Å². The highest BCUT2D eigenvalue weighted by Gasteiger charge is 2.51. The molecule has 0 spiro atoms. The van der Waals surface area contributed by atoms with Gasteiger partial charge in [-0.3, -0.25) is 9.59 Å². The van der Waals surface area contributed by atoms with E-state index in [2.05, 4.69) is 22.5 Å². The molecule has 6 atom stereocenters. The lowest BCUT2D eigenvalue weighted by molar-refractivity contribution is -0.128. The second-order valence-electron chi connectivity index (χ2n) is 16.0. The fourth-order valence-electron chi connectivity index (χ4n) is 7.83. The number of halogens is 4. The van der Waals surface area contributed by atoms with Crippen molar-refractivity contribution in [3.05, 3.63) is 117 Å². The van der Waals surface area contributed by atoms with Gasteiger partial charge in [0.15, 0.2) is 19.7 Å². The number of rotatable bonds is 12. The molecule has 8 rings (SSSR count). The van der Waals surface area contributed by atoms with Crippen LogP contribution in [0.2, 0.25) is 20.1 Å². The molecule has 0 heterocycles. The Morgan fingerprint density at radius 1 is 0.548 bits per heavy atom. The smallest absolute Gasteiger partial charge is 0.228 e. The van der Waals surface area contributed by atoms with Crippen LogP contribution in [0.4, 0.5) is 0 Å². The van der Waals surface area contributed by atoms with E-state index in [0.29, 0.717) is 47.2 Å². The third-order valence-corrected chi connectivity index (χ3v) is 17.6. The minimum atomic E-state index is -3.75. The van der Waals surface area contributed by atoms with Gasteiger partial charge in [0, 0.05) is 22.9 Å². The Balaban J connectivity index is 0.000000186. The summed E-state index contributed by atoms with van der Waals surface area (Å²) in [5.74, 6) is 4.39. The molecule has 10 nitrogen and oxygen atoms in total. The van der Waals surface area contributed by atoms with Crippen LogP contribution in [-0.4, -0.2) is 62.4 Å². The summed E-state index contributed by atoms with van der Waals surface area (Å²) >= 11 is 24.2. The zero-order valence-electron chi connectivity index (χ0n) is 33.1. The van der Waals surface area contributed by atoms with Gasteiger partial charge in [0.05, 0.1) is 42.2 Å². The number of amides is 2. The molecule has 4 aromatic carbocycles. The summed E-state index contributed by atoms with van der Waals surface area (Å²) in [7, 11) is -7.51. The van der Waals surface area contributed by atoms with Crippen LogP contribution in [0.5, 0.6) is 11.5 Å². The highest BCUT2D eigenvalue weighted by atomic mass is 35.5. The first-order valence-corrected chi connectivity index (χ1v) is 24.5. The lowest BCUT2D eigenvalue weighted by Crippen LogP contribution is -2.43. The fraction of sp³-hybridized carbons (Fsp3) is 0.348. The van der Waals surface area contributed by atoms with Gasteiger partial charge in [0.25, 0.3) is 0 Å². The first-order chi connectivity index (χ1) is 29.5. The van der Waals surface area contributed by atoms with Crippen molar-refractivity contribution < 1.29 is 35.9 Å². The van der Waals surface area contributed by atoms with Gasteiger partial charge in [0.1, 0.15) is 34.8 Å². The molecule has 4 aliphatic carbocycles. The van der Waals surface area contributed by atoms with Crippen molar-refractivity contribution >= 4 is 77.9 Å². The van der Waals surface area contributed by atoms with Crippen LogP contribution in [0.25, 0.3) is 0 Å². The molecule has 324 valence electrons. The number of hydrogen-bond acceptors (Lipinski definition) is 8. The maximum atomic E-state index is 13.3. The van der Waals surface area contributed by atoms with Gasteiger partial charge in [-0.15, -0.1) is 12.8 Å². The van der Waals surface area contributed by atoms with Crippen molar-refractivity contribution in [2.75, 3.05) is 0 Å². The summed E-state index contributed by atoms with van der Waals surface area (Å²) in [4.78, 5) is 26.3. The van der Waals surface area contributed by atoms with Gasteiger partial charge in [-0.25, -0.2) is 16.8 Å². The van der Waals surface area contributed by atoms with Crippen molar-refractivity contribution in [2.45, 2.75) is 94.9 Å². The molecule has 0 aromatic heterocycles. The minimum Gasteiger partial charge on any atom is -0.490 e. The van der Waals surface area contributed by atoms with E-state index in [9.17, 15) is 26.4 Å². The number of nitrogens with one attached hydrogen (secondary N) is 2. The molecule has 16 heteroatoms.